The molecule has 0 atom stereocenters. The summed E-state index contributed by atoms with van der Waals surface area (Å²) in [6.07, 6.45) is 2.96. The van der Waals surface area contributed by atoms with Crippen molar-refractivity contribution in [3.05, 3.63) is 48.5 Å². The monoisotopic (exact) mass is 467 g/mol. The minimum atomic E-state index is -0.607. The SMILES string of the molecule is Cl.NC(N)=N/N=C/c1c(-c2cc([N+](=O)[O-])c(Cl)cc2Cl)nc2sc(Cl)cn12. The number of imidazole rings is 1. The number of rotatable bonds is 4. The van der Waals surface area contributed by atoms with E-state index in [1.807, 2.05) is 0 Å². The molecule has 0 aliphatic rings. The Morgan fingerprint density at radius 2 is 2.00 bits per heavy atom. The van der Waals surface area contributed by atoms with Gasteiger partial charge in [-0.25, -0.2) is 4.98 Å². The maximum absolute atomic E-state index is 11.2. The molecular weight excluding hydrogens is 460 g/mol. The first-order valence-corrected chi connectivity index (χ1v) is 8.66. The van der Waals surface area contributed by atoms with Crippen LogP contribution in [0, 0.1) is 10.1 Å². The maximum atomic E-state index is 11.2. The molecule has 0 unspecified atom stereocenters. The number of nitrogens with zero attached hydrogens (tertiary/aromatic N) is 5. The van der Waals surface area contributed by atoms with Gasteiger partial charge in [0.25, 0.3) is 5.69 Å². The topological polar surface area (TPSA) is 137 Å². The molecule has 1 aromatic carbocycles. The quantitative estimate of drug-likeness (QED) is 0.258. The molecule has 27 heavy (non-hydrogen) atoms. The first kappa shape index (κ1) is 21.2. The summed E-state index contributed by atoms with van der Waals surface area (Å²) in [5.74, 6) is -0.230. The maximum Gasteiger partial charge on any atom is 0.288 e. The van der Waals surface area contributed by atoms with E-state index in [1.54, 1.807) is 10.6 Å². The van der Waals surface area contributed by atoms with E-state index in [-0.39, 0.29) is 34.1 Å². The Bertz CT molecular complexity index is 1090. The van der Waals surface area contributed by atoms with E-state index in [0.717, 1.165) is 0 Å². The lowest BCUT2D eigenvalue weighted by Gasteiger charge is -2.04. The third-order valence-corrected chi connectivity index (χ3v) is 4.89. The number of benzene rings is 1. The van der Waals surface area contributed by atoms with E-state index in [9.17, 15) is 10.1 Å². The van der Waals surface area contributed by atoms with Crippen LogP contribution in [0.2, 0.25) is 14.4 Å². The molecule has 0 aliphatic heterocycles. The molecule has 3 aromatic rings. The number of thiazole rings is 1. The molecule has 0 amide bonds. The fraction of sp³-hybridized carbons (Fsp3) is 0. The second kappa shape index (κ2) is 8.28. The van der Waals surface area contributed by atoms with Crippen LogP contribution in [0.25, 0.3) is 16.2 Å². The number of halogens is 4. The molecule has 0 radical (unpaired) electrons. The summed E-state index contributed by atoms with van der Waals surface area (Å²) in [5, 5.41) is 18.6. The first-order valence-electron chi connectivity index (χ1n) is 6.71. The van der Waals surface area contributed by atoms with E-state index >= 15 is 0 Å². The van der Waals surface area contributed by atoms with E-state index in [1.165, 1.54) is 29.7 Å². The summed E-state index contributed by atoms with van der Waals surface area (Å²) in [6.45, 7) is 0. The van der Waals surface area contributed by atoms with Crippen molar-refractivity contribution in [2.75, 3.05) is 0 Å². The zero-order valence-corrected chi connectivity index (χ0v) is 16.9. The standard InChI is InChI=1S/C13H8Cl3N7O2S.ClH/c14-6-2-7(15)8(23(24)25)1-5(6)11-9(3-19-21-12(17)18)22-4-10(16)26-13(22)20-11;/h1-4H,(H4,17,18,21);1H/b19-3+;. The predicted molar refractivity (Wildman–Crippen MR) is 111 cm³/mol. The molecule has 0 saturated heterocycles. The van der Waals surface area contributed by atoms with Gasteiger partial charge in [-0.2, -0.15) is 5.10 Å². The second-order valence-corrected chi connectivity index (χ2v) is 7.30. The number of nitro benzene ring substituents is 1. The van der Waals surface area contributed by atoms with Crippen LogP contribution in [0.4, 0.5) is 5.69 Å². The zero-order valence-electron chi connectivity index (χ0n) is 13.0. The van der Waals surface area contributed by atoms with Crippen LogP contribution in [0.3, 0.4) is 0 Å². The van der Waals surface area contributed by atoms with Gasteiger partial charge < -0.3 is 11.5 Å². The van der Waals surface area contributed by atoms with Crippen molar-refractivity contribution in [2.24, 2.45) is 21.7 Å². The third kappa shape index (κ3) is 4.25. The second-order valence-electron chi connectivity index (χ2n) is 4.84. The average molecular weight is 469 g/mol. The molecule has 0 bridgehead atoms. The summed E-state index contributed by atoms with van der Waals surface area (Å²) in [5.41, 5.74) is 11.3. The summed E-state index contributed by atoms with van der Waals surface area (Å²) < 4.78 is 2.13. The van der Waals surface area contributed by atoms with Crippen molar-refractivity contribution in [1.82, 2.24) is 9.38 Å². The molecular formula is C13H9Cl4N7O2S. The number of fused-ring (bicyclic) bond motifs is 1. The first-order chi connectivity index (χ1) is 12.3. The Hall–Kier alpha value is -2.11. The van der Waals surface area contributed by atoms with Crippen molar-refractivity contribution >= 4 is 81.4 Å². The highest BCUT2D eigenvalue weighted by Gasteiger charge is 2.22. The van der Waals surface area contributed by atoms with Crippen molar-refractivity contribution in [3.63, 3.8) is 0 Å². The molecule has 4 N–H and O–H groups in total. The lowest BCUT2D eigenvalue weighted by Crippen LogP contribution is -2.21. The summed E-state index contributed by atoms with van der Waals surface area (Å²) in [4.78, 5) is 15.5. The van der Waals surface area contributed by atoms with Gasteiger partial charge in [-0.05, 0) is 6.07 Å². The molecule has 0 spiro atoms. The van der Waals surface area contributed by atoms with Gasteiger partial charge in [-0.1, -0.05) is 46.1 Å². The number of hydrogen-bond acceptors (Lipinski definition) is 6. The van der Waals surface area contributed by atoms with E-state index < -0.39 is 4.92 Å². The van der Waals surface area contributed by atoms with Crippen LogP contribution in [-0.2, 0) is 0 Å². The summed E-state index contributed by atoms with van der Waals surface area (Å²) in [6, 6.07) is 2.53. The highest BCUT2D eigenvalue weighted by atomic mass is 35.5. The lowest BCUT2D eigenvalue weighted by atomic mass is 10.1. The predicted octanol–water partition coefficient (Wildman–Crippen LogP) is 3.96. The number of nitrogens with two attached hydrogens (primary N) is 2. The zero-order chi connectivity index (χ0) is 19.0. The van der Waals surface area contributed by atoms with Crippen LogP contribution < -0.4 is 11.5 Å². The molecule has 9 nitrogen and oxygen atoms in total. The van der Waals surface area contributed by atoms with Crippen LogP contribution in [0.5, 0.6) is 0 Å². The Morgan fingerprint density at radius 1 is 1.30 bits per heavy atom. The Morgan fingerprint density at radius 3 is 2.63 bits per heavy atom. The highest BCUT2D eigenvalue weighted by Crippen LogP contribution is 2.38. The largest absolute Gasteiger partial charge is 0.369 e. The van der Waals surface area contributed by atoms with E-state index in [2.05, 4.69) is 15.2 Å². The average Bonchev–Trinajstić information content (AvgIpc) is 3.04. The van der Waals surface area contributed by atoms with Gasteiger partial charge in [0.05, 0.1) is 21.9 Å². The molecule has 0 aliphatic carbocycles. The van der Waals surface area contributed by atoms with Gasteiger partial charge in [0.1, 0.15) is 15.1 Å². The van der Waals surface area contributed by atoms with Gasteiger partial charge >= 0.3 is 0 Å². The third-order valence-electron chi connectivity index (χ3n) is 3.18. The van der Waals surface area contributed by atoms with E-state index in [4.69, 9.17) is 46.3 Å². The fourth-order valence-corrected chi connectivity index (χ4v) is 3.73. The highest BCUT2D eigenvalue weighted by molar-refractivity contribution is 7.20. The normalized spacial score (nSPS) is 10.9. The van der Waals surface area contributed by atoms with Crippen molar-refractivity contribution in [2.45, 2.75) is 0 Å². The van der Waals surface area contributed by atoms with Gasteiger partial charge in [0, 0.05) is 17.8 Å². The Labute approximate surface area is 176 Å². The van der Waals surface area contributed by atoms with Crippen molar-refractivity contribution in [1.29, 1.82) is 0 Å². The van der Waals surface area contributed by atoms with E-state index in [0.29, 0.717) is 26.2 Å². The van der Waals surface area contributed by atoms with Gasteiger partial charge in [0.15, 0.2) is 4.96 Å². The van der Waals surface area contributed by atoms with Gasteiger partial charge in [-0.3, -0.25) is 14.5 Å². The van der Waals surface area contributed by atoms with Gasteiger partial charge in [-0.15, -0.1) is 17.5 Å². The lowest BCUT2D eigenvalue weighted by molar-refractivity contribution is -0.384. The minimum Gasteiger partial charge on any atom is -0.369 e. The number of hydrogen-bond donors (Lipinski definition) is 2. The summed E-state index contributed by atoms with van der Waals surface area (Å²) >= 11 is 19.3. The van der Waals surface area contributed by atoms with Crippen LogP contribution in [0.15, 0.2) is 28.5 Å². The fourth-order valence-electron chi connectivity index (χ4n) is 2.17. The smallest absolute Gasteiger partial charge is 0.288 e. The molecule has 0 fully saturated rings. The Balaban J connectivity index is 0.00000261. The molecule has 0 saturated carbocycles. The van der Waals surface area contributed by atoms with Crippen LogP contribution in [0.1, 0.15) is 5.69 Å². The van der Waals surface area contributed by atoms with Crippen LogP contribution >= 0.6 is 58.5 Å². The number of nitro groups is 1. The molecule has 2 heterocycles. The minimum absolute atomic E-state index is 0. The number of guanidine groups is 1. The van der Waals surface area contributed by atoms with Gasteiger partial charge in [0.2, 0.25) is 5.96 Å². The van der Waals surface area contributed by atoms with Crippen molar-refractivity contribution in [3.8, 4) is 11.3 Å². The summed E-state index contributed by atoms with van der Waals surface area (Å²) in [7, 11) is 0. The Kier molecular flexibility index (Phi) is 6.50. The molecule has 2 aromatic heterocycles. The molecule has 14 heteroatoms. The number of aromatic nitrogens is 2. The molecule has 142 valence electrons. The van der Waals surface area contributed by atoms with Crippen LogP contribution in [-0.4, -0.2) is 26.5 Å². The molecule has 3 rings (SSSR count). The van der Waals surface area contributed by atoms with Crippen molar-refractivity contribution < 1.29 is 4.92 Å².